The van der Waals surface area contributed by atoms with E-state index in [1.807, 2.05) is 0 Å². The molecular weight excluding hydrogens is 322 g/mol. The van der Waals surface area contributed by atoms with Crippen molar-refractivity contribution in [2.45, 2.75) is 82.5 Å². The van der Waals surface area contributed by atoms with Gasteiger partial charge in [0, 0.05) is 50.1 Å². The van der Waals surface area contributed by atoms with Gasteiger partial charge in [0.05, 0.1) is 6.10 Å². The molecule has 1 aliphatic carbocycles. The van der Waals surface area contributed by atoms with Gasteiger partial charge in [-0.2, -0.15) is 0 Å². The zero-order valence-corrected chi connectivity index (χ0v) is 16.2. The van der Waals surface area contributed by atoms with Crippen molar-refractivity contribution >= 4 is 0 Å². The van der Waals surface area contributed by atoms with E-state index in [0.29, 0.717) is 5.92 Å². The van der Waals surface area contributed by atoms with E-state index in [1.54, 1.807) is 0 Å². The molecule has 2 atom stereocenters. The minimum atomic E-state index is -0.00293. The van der Waals surface area contributed by atoms with E-state index in [1.165, 1.54) is 82.0 Å². The maximum atomic E-state index is 6.84. The van der Waals surface area contributed by atoms with Gasteiger partial charge in [0.15, 0.2) is 0 Å². The first kappa shape index (κ1) is 17.1. The second-order valence-corrected chi connectivity index (χ2v) is 9.08. The molecular formula is C23H33NO2. The van der Waals surface area contributed by atoms with E-state index in [4.69, 9.17) is 9.47 Å². The first-order valence-electron chi connectivity index (χ1n) is 10.9. The number of hydrogen-bond acceptors (Lipinski definition) is 3. The van der Waals surface area contributed by atoms with E-state index in [0.717, 1.165) is 18.4 Å². The van der Waals surface area contributed by atoms with Gasteiger partial charge in [0.1, 0.15) is 11.4 Å². The average molecular weight is 356 g/mol. The van der Waals surface area contributed by atoms with Gasteiger partial charge >= 0.3 is 0 Å². The van der Waals surface area contributed by atoms with Gasteiger partial charge in [-0.05, 0) is 44.2 Å². The van der Waals surface area contributed by atoms with Crippen molar-refractivity contribution in [1.29, 1.82) is 0 Å². The second-order valence-electron chi connectivity index (χ2n) is 9.08. The number of rotatable bonds is 1. The van der Waals surface area contributed by atoms with Crippen molar-refractivity contribution in [3.63, 3.8) is 0 Å². The number of piperidine rings is 1. The molecule has 26 heavy (non-hydrogen) atoms. The third-order valence-corrected chi connectivity index (χ3v) is 7.52. The normalized spacial score (nSPS) is 31.9. The second kappa shape index (κ2) is 6.83. The van der Waals surface area contributed by atoms with Crippen molar-refractivity contribution in [2.75, 3.05) is 19.7 Å². The van der Waals surface area contributed by atoms with Gasteiger partial charge in [-0.25, -0.2) is 0 Å². The third-order valence-electron chi connectivity index (χ3n) is 7.52. The van der Waals surface area contributed by atoms with Gasteiger partial charge < -0.3 is 14.4 Å². The van der Waals surface area contributed by atoms with Crippen molar-refractivity contribution in [2.24, 2.45) is 5.92 Å². The maximum Gasteiger partial charge on any atom is 0.126 e. The highest BCUT2D eigenvalue weighted by Crippen LogP contribution is 2.53. The Morgan fingerprint density at radius 2 is 1.81 bits per heavy atom. The SMILES string of the molecule is Cc1ccc2c(c1)OC1(CCN(C3CCCCC3)CC1)[C@@H]1CCCO[C@@H]21. The summed E-state index contributed by atoms with van der Waals surface area (Å²) in [5.74, 6) is 1.62. The summed E-state index contributed by atoms with van der Waals surface area (Å²) in [5.41, 5.74) is 2.57. The van der Waals surface area contributed by atoms with Crippen LogP contribution in [-0.2, 0) is 4.74 Å². The van der Waals surface area contributed by atoms with Crippen molar-refractivity contribution in [3.05, 3.63) is 29.3 Å². The molecule has 0 aromatic heterocycles. The average Bonchev–Trinajstić information content (AvgIpc) is 2.69. The molecule has 0 radical (unpaired) electrons. The lowest BCUT2D eigenvalue weighted by molar-refractivity contribution is -0.152. The van der Waals surface area contributed by atoms with Gasteiger partial charge in [-0.15, -0.1) is 0 Å². The summed E-state index contributed by atoms with van der Waals surface area (Å²) in [4.78, 5) is 2.78. The molecule has 2 saturated heterocycles. The summed E-state index contributed by atoms with van der Waals surface area (Å²) >= 11 is 0. The Morgan fingerprint density at radius 3 is 2.62 bits per heavy atom. The topological polar surface area (TPSA) is 21.7 Å². The molecule has 5 rings (SSSR count). The lowest BCUT2D eigenvalue weighted by Crippen LogP contribution is -2.58. The molecule has 3 aliphatic heterocycles. The Bertz CT molecular complexity index is 644. The monoisotopic (exact) mass is 355 g/mol. The predicted molar refractivity (Wildman–Crippen MR) is 104 cm³/mol. The molecule has 1 aromatic carbocycles. The van der Waals surface area contributed by atoms with E-state index in [2.05, 4.69) is 30.0 Å². The molecule has 1 aromatic rings. The van der Waals surface area contributed by atoms with E-state index >= 15 is 0 Å². The molecule has 1 spiro atoms. The molecule has 0 N–H and O–H groups in total. The van der Waals surface area contributed by atoms with Crippen LogP contribution in [0.3, 0.4) is 0 Å². The quantitative estimate of drug-likeness (QED) is 0.706. The predicted octanol–water partition coefficient (Wildman–Crippen LogP) is 5.02. The highest BCUT2D eigenvalue weighted by Gasteiger charge is 2.52. The largest absolute Gasteiger partial charge is 0.486 e. The number of hydrogen-bond donors (Lipinski definition) is 0. The fourth-order valence-electron chi connectivity index (χ4n) is 6.07. The Morgan fingerprint density at radius 1 is 1.00 bits per heavy atom. The Kier molecular flexibility index (Phi) is 4.48. The number of fused-ring (bicyclic) bond motifs is 4. The highest BCUT2D eigenvalue weighted by atomic mass is 16.5. The molecule has 1 saturated carbocycles. The van der Waals surface area contributed by atoms with Crippen LogP contribution >= 0.6 is 0 Å². The van der Waals surface area contributed by atoms with Crippen molar-refractivity contribution in [3.8, 4) is 5.75 Å². The van der Waals surface area contributed by atoms with Crippen LogP contribution in [0.25, 0.3) is 0 Å². The zero-order chi connectivity index (χ0) is 17.6. The summed E-state index contributed by atoms with van der Waals surface area (Å²) in [7, 11) is 0. The third kappa shape index (κ3) is 2.88. The number of likely N-dealkylation sites (tertiary alicyclic amines) is 1. The fraction of sp³-hybridized carbons (Fsp3) is 0.739. The van der Waals surface area contributed by atoms with Gasteiger partial charge in [-0.3, -0.25) is 0 Å². The van der Waals surface area contributed by atoms with E-state index in [9.17, 15) is 0 Å². The van der Waals surface area contributed by atoms with E-state index in [-0.39, 0.29) is 11.7 Å². The number of aryl methyl sites for hydroxylation is 1. The molecule has 0 bridgehead atoms. The van der Waals surface area contributed by atoms with Crippen molar-refractivity contribution in [1.82, 2.24) is 4.90 Å². The standard InChI is InChI=1S/C23H33NO2/c1-17-9-10-19-21(16-17)26-23(20-8-5-15-25-22(19)20)11-13-24(14-12-23)18-6-3-2-4-7-18/h9-10,16,18,20,22H,2-8,11-15H2,1H3/t20-,22+/m1/s1. The molecule has 0 unspecified atom stereocenters. The Labute approximate surface area is 158 Å². The Balaban J connectivity index is 1.39. The molecule has 3 heterocycles. The highest BCUT2D eigenvalue weighted by molar-refractivity contribution is 5.42. The smallest absolute Gasteiger partial charge is 0.126 e. The minimum absolute atomic E-state index is 0.00293. The van der Waals surface area contributed by atoms with Crippen molar-refractivity contribution < 1.29 is 9.47 Å². The molecule has 3 fully saturated rings. The van der Waals surface area contributed by atoms with Crippen LogP contribution in [0.1, 0.15) is 75.0 Å². The zero-order valence-electron chi connectivity index (χ0n) is 16.2. The number of ether oxygens (including phenoxy) is 2. The molecule has 3 heteroatoms. The summed E-state index contributed by atoms with van der Waals surface area (Å²) in [6, 6.07) is 7.52. The van der Waals surface area contributed by atoms with Crippen LogP contribution in [0.4, 0.5) is 0 Å². The van der Waals surface area contributed by atoms with Crippen LogP contribution in [-0.4, -0.2) is 36.2 Å². The van der Waals surface area contributed by atoms with Crippen LogP contribution in [0.5, 0.6) is 5.75 Å². The van der Waals surface area contributed by atoms with Gasteiger partial charge in [-0.1, -0.05) is 31.4 Å². The maximum absolute atomic E-state index is 6.84. The number of benzene rings is 1. The summed E-state index contributed by atoms with van der Waals surface area (Å²) in [6.07, 6.45) is 12.1. The minimum Gasteiger partial charge on any atom is -0.486 e. The van der Waals surface area contributed by atoms with Crippen LogP contribution in [0.2, 0.25) is 0 Å². The molecule has 0 amide bonds. The lowest BCUT2D eigenvalue weighted by atomic mass is 9.69. The first-order valence-corrected chi connectivity index (χ1v) is 10.9. The summed E-state index contributed by atoms with van der Waals surface area (Å²) in [6.45, 7) is 5.47. The molecule has 142 valence electrons. The molecule has 3 nitrogen and oxygen atoms in total. The lowest BCUT2D eigenvalue weighted by Gasteiger charge is -2.54. The van der Waals surface area contributed by atoms with Crippen LogP contribution < -0.4 is 4.74 Å². The van der Waals surface area contributed by atoms with E-state index < -0.39 is 0 Å². The number of nitrogens with zero attached hydrogens (tertiary/aromatic N) is 1. The molecule has 4 aliphatic rings. The van der Waals surface area contributed by atoms with Crippen LogP contribution in [0, 0.1) is 12.8 Å². The van der Waals surface area contributed by atoms with Gasteiger partial charge in [0.25, 0.3) is 0 Å². The first-order chi connectivity index (χ1) is 12.8. The fourth-order valence-corrected chi connectivity index (χ4v) is 6.07. The Hall–Kier alpha value is -1.06. The van der Waals surface area contributed by atoms with Gasteiger partial charge in [0.2, 0.25) is 0 Å². The summed E-state index contributed by atoms with van der Waals surface area (Å²) in [5, 5.41) is 0. The summed E-state index contributed by atoms with van der Waals surface area (Å²) < 4.78 is 13.2. The van der Waals surface area contributed by atoms with Crippen LogP contribution in [0.15, 0.2) is 18.2 Å².